The minimum Gasteiger partial charge on any atom is -0.497 e. The lowest BCUT2D eigenvalue weighted by atomic mass is 10.0. The minimum atomic E-state index is 0.298. The molecule has 0 saturated heterocycles. The van der Waals surface area contributed by atoms with Crippen LogP contribution in [0.1, 0.15) is 48.2 Å². The fraction of sp³-hybridized carbons (Fsp3) is 0.368. The number of hydrogen-bond donors (Lipinski definition) is 1. The van der Waals surface area contributed by atoms with E-state index in [2.05, 4.69) is 63.3 Å². The van der Waals surface area contributed by atoms with Crippen molar-refractivity contribution >= 4 is 0 Å². The van der Waals surface area contributed by atoms with Crippen LogP contribution in [-0.2, 0) is 0 Å². The molecule has 2 nitrogen and oxygen atoms in total. The predicted molar refractivity (Wildman–Crippen MR) is 88.9 cm³/mol. The van der Waals surface area contributed by atoms with Crippen molar-refractivity contribution in [3.63, 3.8) is 0 Å². The number of hydrogen-bond acceptors (Lipinski definition) is 2. The Bertz CT molecular complexity index is 569. The number of benzene rings is 2. The molecule has 0 spiro atoms. The number of nitrogens with one attached hydrogen (secondary N) is 1. The molecule has 1 unspecified atom stereocenters. The van der Waals surface area contributed by atoms with E-state index >= 15 is 0 Å². The van der Waals surface area contributed by atoms with Crippen LogP contribution in [0.3, 0.4) is 0 Å². The Balaban J connectivity index is 2.08. The number of ether oxygens (including phenoxy) is 1. The SMILES string of the molecule is COc1ccc([C@H](C)NC(C)c2cc(C)cc(C)c2)cc1. The van der Waals surface area contributed by atoms with E-state index in [1.807, 2.05) is 12.1 Å². The van der Waals surface area contributed by atoms with Gasteiger partial charge < -0.3 is 10.1 Å². The second-order valence-corrected chi connectivity index (χ2v) is 5.80. The molecule has 0 aliphatic rings. The molecule has 0 amide bonds. The summed E-state index contributed by atoms with van der Waals surface area (Å²) in [5.41, 5.74) is 5.24. The maximum Gasteiger partial charge on any atom is 0.118 e. The fourth-order valence-corrected chi connectivity index (χ4v) is 2.72. The van der Waals surface area contributed by atoms with Gasteiger partial charge >= 0.3 is 0 Å². The Morgan fingerprint density at radius 2 is 1.33 bits per heavy atom. The molecular weight excluding hydrogens is 258 g/mol. The largest absolute Gasteiger partial charge is 0.497 e. The van der Waals surface area contributed by atoms with Crippen LogP contribution < -0.4 is 10.1 Å². The van der Waals surface area contributed by atoms with Gasteiger partial charge in [-0.05, 0) is 51.0 Å². The molecule has 2 aromatic rings. The summed E-state index contributed by atoms with van der Waals surface area (Å²) in [6, 6.07) is 15.6. The van der Waals surface area contributed by atoms with Gasteiger partial charge in [0.2, 0.25) is 0 Å². The van der Waals surface area contributed by atoms with Gasteiger partial charge in [-0.15, -0.1) is 0 Å². The lowest BCUT2D eigenvalue weighted by molar-refractivity contribution is 0.414. The smallest absolute Gasteiger partial charge is 0.118 e. The van der Waals surface area contributed by atoms with Gasteiger partial charge in [-0.1, -0.05) is 41.5 Å². The topological polar surface area (TPSA) is 21.3 Å². The van der Waals surface area contributed by atoms with E-state index < -0.39 is 0 Å². The van der Waals surface area contributed by atoms with Crippen molar-refractivity contribution in [3.05, 3.63) is 64.7 Å². The number of aryl methyl sites for hydroxylation is 2. The molecule has 0 saturated carbocycles. The molecule has 2 rings (SSSR count). The third kappa shape index (κ3) is 4.08. The molecule has 0 aliphatic carbocycles. The zero-order valence-corrected chi connectivity index (χ0v) is 13.6. The molecule has 0 bridgehead atoms. The van der Waals surface area contributed by atoms with Crippen molar-refractivity contribution in [2.75, 3.05) is 7.11 Å². The van der Waals surface area contributed by atoms with Gasteiger partial charge in [-0.2, -0.15) is 0 Å². The summed E-state index contributed by atoms with van der Waals surface area (Å²) in [4.78, 5) is 0. The van der Waals surface area contributed by atoms with Gasteiger partial charge in [0.05, 0.1) is 7.11 Å². The highest BCUT2D eigenvalue weighted by molar-refractivity contribution is 5.32. The van der Waals surface area contributed by atoms with E-state index in [9.17, 15) is 0 Å². The first-order valence-electron chi connectivity index (χ1n) is 7.48. The van der Waals surface area contributed by atoms with Gasteiger partial charge in [0.1, 0.15) is 5.75 Å². The van der Waals surface area contributed by atoms with Crippen LogP contribution in [0, 0.1) is 13.8 Å². The fourth-order valence-electron chi connectivity index (χ4n) is 2.72. The summed E-state index contributed by atoms with van der Waals surface area (Å²) in [6.45, 7) is 8.71. The average molecular weight is 283 g/mol. The molecule has 0 aliphatic heterocycles. The average Bonchev–Trinajstić information content (AvgIpc) is 2.46. The van der Waals surface area contributed by atoms with Crippen LogP contribution >= 0.6 is 0 Å². The first-order chi connectivity index (χ1) is 9.99. The van der Waals surface area contributed by atoms with E-state index in [1.165, 1.54) is 22.3 Å². The van der Waals surface area contributed by atoms with Crippen LogP contribution in [0.5, 0.6) is 5.75 Å². The predicted octanol–water partition coefficient (Wildman–Crippen LogP) is 4.72. The number of methoxy groups -OCH3 is 1. The second kappa shape index (κ2) is 6.77. The van der Waals surface area contributed by atoms with Gasteiger partial charge in [0.25, 0.3) is 0 Å². The summed E-state index contributed by atoms with van der Waals surface area (Å²) in [5.74, 6) is 0.897. The minimum absolute atomic E-state index is 0.298. The summed E-state index contributed by atoms with van der Waals surface area (Å²) in [5, 5.41) is 3.66. The van der Waals surface area contributed by atoms with Crippen molar-refractivity contribution in [1.29, 1.82) is 0 Å². The summed E-state index contributed by atoms with van der Waals surface area (Å²) in [7, 11) is 1.69. The molecule has 0 aromatic heterocycles. The molecule has 0 heterocycles. The summed E-state index contributed by atoms with van der Waals surface area (Å²) in [6.07, 6.45) is 0. The zero-order chi connectivity index (χ0) is 15.4. The molecule has 0 fully saturated rings. The highest BCUT2D eigenvalue weighted by atomic mass is 16.5. The Labute approximate surface area is 128 Å². The van der Waals surface area contributed by atoms with Gasteiger partial charge in [-0.25, -0.2) is 0 Å². The van der Waals surface area contributed by atoms with E-state index in [0.29, 0.717) is 12.1 Å². The third-order valence-electron chi connectivity index (χ3n) is 3.86. The quantitative estimate of drug-likeness (QED) is 0.857. The Morgan fingerprint density at radius 3 is 1.86 bits per heavy atom. The van der Waals surface area contributed by atoms with Gasteiger partial charge in [-0.3, -0.25) is 0 Å². The highest BCUT2D eigenvalue weighted by Crippen LogP contribution is 2.22. The summed E-state index contributed by atoms with van der Waals surface area (Å²) < 4.78 is 5.21. The normalized spacial score (nSPS) is 13.8. The highest BCUT2D eigenvalue weighted by Gasteiger charge is 2.11. The van der Waals surface area contributed by atoms with Crippen molar-refractivity contribution in [2.45, 2.75) is 39.8 Å². The molecule has 1 N–H and O–H groups in total. The van der Waals surface area contributed by atoms with Crippen LogP contribution in [0.15, 0.2) is 42.5 Å². The van der Waals surface area contributed by atoms with Crippen molar-refractivity contribution in [3.8, 4) is 5.75 Å². The Kier molecular flexibility index (Phi) is 5.03. The summed E-state index contributed by atoms with van der Waals surface area (Å²) >= 11 is 0. The number of rotatable bonds is 5. The standard InChI is InChI=1S/C19H25NO/c1-13-10-14(2)12-18(11-13)16(4)20-15(3)17-6-8-19(21-5)9-7-17/h6-12,15-16,20H,1-5H3/t15-,16?/m0/s1. The molecule has 112 valence electrons. The molecule has 2 atom stereocenters. The van der Waals surface area contributed by atoms with E-state index in [4.69, 9.17) is 4.74 Å². The molecule has 21 heavy (non-hydrogen) atoms. The molecule has 0 radical (unpaired) electrons. The van der Waals surface area contributed by atoms with Crippen LogP contribution in [0.2, 0.25) is 0 Å². The monoisotopic (exact) mass is 283 g/mol. The first-order valence-corrected chi connectivity index (χ1v) is 7.48. The molecule has 2 aromatic carbocycles. The van der Waals surface area contributed by atoms with Crippen molar-refractivity contribution in [2.24, 2.45) is 0 Å². The van der Waals surface area contributed by atoms with E-state index in [0.717, 1.165) is 5.75 Å². The lowest BCUT2D eigenvalue weighted by Crippen LogP contribution is -2.22. The Morgan fingerprint density at radius 1 is 0.810 bits per heavy atom. The first kappa shape index (κ1) is 15.6. The van der Waals surface area contributed by atoms with E-state index in [1.54, 1.807) is 7.11 Å². The maximum atomic E-state index is 5.21. The second-order valence-electron chi connectivity index (χ2n) is 5.80. The molecule has 2 heteroatoms. The Hall–Kier alpha value is -1.80. The van der Waals surface area contributed by atoms with Gasteiger partial charge in [0.15, 0.2) is 0 Å². The molecular formula is C19H25NO. The van der Waals surface area contributed by atoms with Crippen LogP contribution in [-0.4, -0.2) is 7.11 Å². The third-order valence-corrected chi connectivity index (χ3v) is 3.86. The maximum absolute atomic E-state index is 5.21. The van der Waals surface area contributed by atoms with Crippen molar-refractivity contribution in [1.82, 2.24) is 5.32 Å². The van der Waals surface area contributed by atoms with Crippen LogP contribution in [0.25, 0.3) is 0 Å². The van der Waals surface area contributed by atoms with E-state index in [-0.39, 0.29) is 0 Å². The van der Waals surface area contributed by atoms with Crippen molar-refractivity contribution < 1.29 is 4.74 Å². The van der Waals surface area contributed by atoms with Crippen LogP contribution in [0.4, 0.5) is 0 Å². The van der Waals surface area contributed by atoms with Gasteiger partial charge in [0, 0.05) is 12.1 Å². The zero-order valence-electron chi connectivity index (χ0n) is 13.6. The lowest BCUT2D eigenvalue weighted by Gasteiger charge is -2.21.